The quantitative estimate of drug-likeness (QED) is 0.732. The minimum atomic E-state index is 0.699. The molecule has 0 aliphatic carbocycles. The van der Waals surface area contributed by atoms with Crippen molar-refractivity contribution in [2.45, 2.75) is 18.2 Å². The number of furan rings is 1. The number of alkyl halides is 2. The molecule has 0 unspecified atom stereocenters. The van der Waals surface area contributed by atoms with Gasteiger partial charge in [0.1, 0.15) is 11.5 Å². The van der Waals surface area contributed by atoms with Gasteiger partial charge in [-0.1, -0.05) is 15.9 Å². The number of hydrogen-bond donors (Lipinski definition) is 0. The van der Waals surface area contributed by atoms with E-state index in [2.05, 4.69) is 15.9 Å². The number of hydrogen-bond acceptors (Lipinski definition) is 1. The molecule has 0 radical (unpaired) electrons. The van der Waals surface area contributed by atoms with E-state index in [9.17, 15) is 0 Å². The topological polar surface area (TPSA) is 13.1 Å². The number of aryl methyl sites for hydroxylation is 1. The Morgan fingerprint density at radius 2 is 2.09 bits per heavy atom. The van der Waals surface area contributed by atoms with Crippen molar-refractivity contribution in [1.82, 2.24) is 0 Å². The van der Waals surface area contributed by atoms with Crippen molar-refractivity contribution < 1.29 is 4.42 Å². The maximum atomic E-state index is 5.54. The summed E-state index contributed by atoms with van der Waals surface area (Å²) in [6.07, 6.45) is 1.92. The maximum Gasteiger partial charge on any atom is 0.114 e. The fourth-order valence-electron chi connectivity index (χ4n) is 0.870. The SMILES string of the molecule is ClCCCc1ccc(CBr)o1. The van der Waals surface area contributed by atoms with E-state index in [0.717, 1.165) is 29.7 Å². The molecule has 0 atom stereocenters. The molecule has 1 nitrogen and oxygen atoms in total. The van der Waals surface area contributed by atoms with Gasteiger partial charge >= 0.3 is 0 Å². The van der Waals surface area contributed by atoms with Crippen LogP contribution < -0.4 is 0 Å². The molecule has 11 heavy (non-hydrogen) atoms. The first kappa shape index (κ1) is 9.14. The first-order valence-corrected chi connectivity index (χ1v) is 5.22. The van der Waals surface area contributed by atoms with E-state index < -0.39 is 0 Å². The minimum absolute atomic E-state index is 0.699. The van der Waals surface area contributed by atoms with Crippen molar-refractivity contribution in [3.8, 4) is 0 Å². The van der Waals surface area contributed by atoms with Gasteiger partial charge in [-0.15, -0.1) is 11.6 Å². The van der Waals surface area contributed by atoms with Gasteiger partial charge in [0, 0.05) is 12.3 Å². The Bertz CT molecular complexity index is 210. The summed E-state index contributed by atoms with van der Waals surface area (Å²) in [6, 6.07) is 3.99. The lowest BCUT2D eigenvalue weighted by atomic mass is 10.3. The summed E-state index contributed by atoms with van der Waals surface area (Å²) in [6.45, 7) is 0. The largest absolute Gasteiger partial charge is 0.465 e. The highest BCUT2D eigenvalue weighted by atomic mass is 79.9. The van der Waals surface area contributed by atoms with Gasteiger partial charge in [-0.25, -0.2) is 0 Å². The lowest BCUT2D eigenvalue weighted by Gasteiger charge is -1.91. The van der Waals surface area contributed by atoms with Gasteiger partial charge in [-0.05, 0) is 18.6 Å². The molecule has 0 N–H and O–H groups in total. The summed E-state index contributed by atoms with van der Waals surface area (Å²) in [4.78, 5) is 0. The third-order valence-electron chi connectivity index (χ3n) is 1.41. The molecule has 0 fully saturated rings. The van der Waals surface area contributed by atoms with Gasteiger partial charge in [-0.2, -0.15) is 0 Å². The second-order valence-electron chi connectivity index (χ2n) is 2.29. The van der Waals surface area contributed by atoms with E-state index in [4.69, 9.17) is 16.0 Å². The smallest absolute Gasteiger partial charge is 0.114 e. The highest BCUT2D eigenvalue weighted by Crippen LogP contribution is 2.12. The van der Waals surface area contributed by atoms with Gasteiger partial charge in [0.05, 0.1) is 5.33 Å². The number of halogens is 2. The normalized spacial score (nSPS) is 10.4. The van der Waals surface area contributed by atoms with Gasteiger partial charge < -0.3 is 4.42 Å². The summed E-state index contributed by atoms with van der Waals surface area (Å²) >= 11 is 8.86. The molecule has 0 aromatic carbocycles. The van der Waals surface area contributed by atoms with Crippen LogP contribution in [0.2, 0.25) is 0 Å². The molecule has 0 saturated carbocycles. The zero-order valence-corrected chi connectivity index (χ0v) is 8.49. The molecule has 1 aromatic heterocycles. The molecule has 1 aromatic rings. The second kappa shape index (κ2) is 4.83. The van der Waals surface area contributed by atoms with E-state index >= 15 is 0 Å². The van der Waals surface area contributed by atoms with Crippen LogP contribution >= 0.6 is 27.5 Å². The van der Waals surface area contributed by atoms with E-state index in [-0.39, 0.29) is 0 Å². The predicted octanol–water partition coefficient (Wildman–Crippen LogP) is 3.35. The summed E-state index contributed by atoms with van der Waals surface area (Å²) in [5, 5.41) is 0.786. The Labute approximate surface area is 79.9 Å². The molecule has 0 spiro atoms. The van der Waals surface area contributed by atoms with Crippen molar-refractivity contribution >= 4 is 27.5 Å². The van der Waals surface area contributed by atoms with Crippen LogP contribution in [0.4, 0.5) is 0 Å². The summed E-state index contributed by atoms with van der Waals surface area (Å²) in [7, 11) is 0. The third-order valence-corrected chi connectivity index (χ3v) is 2.23. The Kier molecular flexibility index (Phi) is 4.02. The first-order valence-electron chi connectivity index (χ1n) is 3.56. The Morgan fingerprint density at radius 3 is 2.64 bits per heavy atom. The summed E-state index contributed by atoms with van der Waals surface area (Å²) < 4.78 is 5.43. The van der Waals surface area contributed by atoms with Crippen LogP contribution in [-0.2, 0) is 11.8 Å². The fraction of sp³-hybridized carbons (Fsp3) is 0.500. The average Bonchev–Trinajstić information content (AvgIpc) is 2.48. The van der Waals surface area contributed by atoms with Crippen LogP contribution in [0.25, 0.3) is 0 Å². The summed E-state index contributed by atoms with van der Waals surface area (Å²) in [5.74, 6) is 2.71. The second-order valence-corrected chi connectivity index (χ2v) is 3.23. The lowest BCUT2D eigenvalue weighted by molar-refractivity contribution is 0.479. The van der Waals surface area contributed by atoms with Crippen LogP contribution in [0.1, 0.15) is 17.9 Å². The van der Waals surface area contributed by atoms with Crippen LogP contribution in [0, 0.1) is 0 Å². The van der Waals surface area contributed by atoms with Gasteiger partial charge in [-0.3, -0.25) is 0 Å². The fourth-order valence-corrected chi connectivity index (χ4v) is 1.30. The molecule has 3 heteroatoms. The molecule has 0 bridgehead atoms. The van der Waals surface area contributed by atoms with Crippen molar-refractivity contribution in [2.24, 2.45) is 0 Å². The van der Waals surface area contributed by atoms with Gasteiger partial charge in [0.15, 0.2) is 0 Å². The van der Waals surface area contributed by atoms with Crippen LogP contribution in [0.15, 0.2) is 16.5 Å². The van der Waals surface area contributed by atoms with E-state index in [0.29, 0.717) is 5.88 Å². The van der Waals surface area contributed by atoms with E-state index in [1.807, 2.05) is 12.1 Å². The van der Waals surface area contributed by atoms with Crippen LogP contribution in [0.3, 0.4) is 0 Å². The van der Waals surface area contributed by atoms with E-state index in [1.54, 1.807) is 0 Å². The molecule has 0 amide bonds. The molecular weight excluding hydrogens is 227 g/mol. The first-order chi connectivity index (χ1) is 5.36. The van der Waals surface area contributed by atoms with Crippen molar-refractivity contribution in [2.75, 3.05) is 5.88 Å². The minimum Gasteiger partial charge on any atom is -0.465 e. The number of rotatable bonds is 4. The lowest BCUT2D eigenvalue weighted by Crippen LogP contribution is -1.81. The molecule has 0 aliphatic rings. The summed E-state index contributed by atoms with van der Waals surface area (Å²) in [5.41, 5.74) is 0. The molecule has 1 rings (SSSR count). The Morgan fingerprint density at radius 1 is 1.36 bits per heavy atom. The predicted molar refractivity (Wildman–Crippen MR) is 50.4 cm³/mol. The molecular formula is C8H10BrClO. The average molecular weight is 238 g/mol. The molecule has 62 valence electrons. The highest BCUT2D eigenvalue weighted by molar-refractivity contribution is 9.08. The van der Waals surface area contributed by atoms with Crippen LogP contribution in [-0.4, -0.2) is 5.88 Å². The highest BCUT2D eigenvalue weighted by Gasteiger charge is 1.99. The van der Waals surface area contributed by atoms with Crippen molar-refractivity contribution in [3.05, 3.63) is 23.7 Å². The Balaban J connectivity index is 2.44. The third kappa shape index (κ3) is 2.88. The van der Waals surface area contributed by atoms with Gasteiger partial charge in [0.25, 0.3) is 0 Å². The van der Waals surface area contributed by atoms with Crippen molar-refractivity contribution in [1.29, 1.82) is 0 Å². The van der Waals surface area contributed by atoms with Crippen molar-refractivity contribution in [3.63, 3.8) is 0 Å². The zero-order valence-electron chi connectivity index (χ0n) is 6.15. The zero-order chi connectivity index (χ0) is 8.10. The van der Waals surface area contributed by atoms with Crippen LogP contribution in [0.5, 0.6) is 0 Å². The molecule has 0 aliphatic heterocycles. The van der Waals surface area contributed by atoms with E-state index in [1.165, 1.54) is 0 Å². The van der Waals surface area contributed by atoms with Gasteiger partial charge in [0.2, 0.25) is 0 Å². The maximum absolute atomic E-state index is 5.54. The monoisotopic (exact) mass is 236 g/mol. The molecule has 0 saturated heterocycles. The Hall–Kier alpha value is 0.0500. The molecule has 1 heterocycles. The standard InChI is InChI=1S/C8H10BrClO/c9-6-8-4-3-7(11-8)2-1-5-10/h3-4H,1-2,5-6H2.